The standard InChI is InChI=1S/C24H24N2O4S/c1-30-20-14-15-22-18(16-20)6-5-9-23(22)25-24(27)17-10-12-19(13-11-17)26-31(28,29)21-7-3-2-4-8-21/h2-4,7-8,10-16,23,26H,5-6,9H2,1H3,(H,25,27)/t23-/m1/s1. The summed E-state index contributed by atoms with van der Waals surface area (Å²) < 4.78 is 32.7. The van der Waals surface area contributed by atoms with Gasteiger partial charge >= 0.3 is 0 Å². The first-order valence-corrected chi connectivity index (χ1v) is 11.6. The fourth-order valence-corrected chi connectivity index (χ4v) is 4.89. The van der Waals surface area contributed by atoms with E-state index in [2.05, 4.69) is 10.0 Å². The number of aryl methyl sites for hydroxylation is 1. The van der Waals surface area contributed by atoms with Crippen molar-refractivity contribution in [2.24, 2.45) is 0 Å². The molecule has 0 aliphatic heterocycles. The Morgan fingerprint density at radius 1 is 1.00 bits per heavy atom. The average Bonchev–Trinajstić information content (AvgIpc) is 2.79. The number of rotatable bonds is 6. The smallest absolute Gasteiger partial charge is 0.261 e. The molecule has 160 valence electrons. The molecule has 3 aromatic rings. The molecular formula is C24H24N2O4S. The van der Waals surface area contributed by atoms with E-state index < -0.39 is 10.0 Å². The van der Waals surface area contributed by atoms with Gasteiger partial charge in [-0.2, -0.15) is 0 Å². The Kier molecular flexibility index (Phi) is 5.95. The number of amides is 1. The molecule has 1 aliphatic carbocycles. The number of nitrogens with one attached hydrogen (secondary N) is 2. The zero-order chi connectivity index (χ0) is 21.8. The maximum Gasteiger partial charge on any atom is 0.261 e. The number of benzene rings is 3. The number of sulfonamides is 1. The van der Waals surface area contributed by atoms with E-state index in [1.54, 1.807) is 49.6 Å². The molecule has 1 atom stereocenters. The predicted molar refractivity (Wildman–Crippen MR) is 120 cm³/mol. The van der Waals surface area contributed by atoms with Crippen molar-refractivity contribution in [2.75, 3.05) is 11.8 Å². The van der Waals surface area contributed by atoms with Crippen LogP contribution < -0.4 is 14.8 Å². The number of fused-ring (bicyclic) bond motifs is 1. The van der Waals surface area contributed by atoms with Crippen LogP contribution in [-0.2, 0) is 16.4 Å². The fraction of sp³-hybridized carbons (Fsp3) is 0.208. The highest BCUT2D eigenvalue weighted by atomic mass is 32.2. The van der Waals surface area contributed by atoms with Gasteiger partial charge in [0.25, 0.3) is 15.9 Å². The molecule has 0 bridgehead atoms. The molecule has 0 heterocycles. The fourth-order valence-electron chi connectivity index (χ4n) is 3.81. The molecule has 0 saturated carbocycles. The van der Waals surface area contributed by atoms with Crippen LogP contribution in [0.5, 0.6) is 5.75 Å². The van der Waals surface area contributed by atoms with E-state index in [9.17, 15) is 13.2 Å². The molecule has 1 amide bonds. The molecule has 0 fully saturated rings. The molecule has 0 aromatic heterocycles. The van der Waals surface area contributed by atoms with E-state index in [1.807, 2.05) is 18.2 Å². The number of ether oxygens (including phenoxy) is 1. The summed E-state index contributed by atoms with van der Waals surface area (Å²) in [6.45, 7) is 0. The van der Waals surface area contributed by atoms with Gasteiger partial charge in [-0.3, -0.25) is 9.52 Å². The summed E-state index contributed by atoms with van der Waals surface area (Å²) in [4.78, 5) is 13.0. The van der Waals surface area contributed by atoms with Crippen LogP contribution in [0.15, 0.2) is 77.7 Å². The van der Waals surface area contributed by atoms with Crippen LogP contribution in [0.4, 0.5) is 5.69 Å². The summed E-state index contributed by atoms with van der Waals surface area (Å²) in [5.41, 5.74) is 3.19. The normalized spacial score (nSPS) is 15.6. The minimum atomic E-state index is -3.67. The Morgan fingerprint density at radius 2 is 1.74 bits per heavy atom. The summed E-state index contributed by atoms with van der Waals surface area (Å²) in [6.07, 6.45) is 2.83. The molecule has 4 rings (SSSR count). The van der Waals surface area contributed by atoms with E-state index in [0.29, 0.717) is 11.3 Å². The van der Waals surface area contributed by atoms with Crippen LogP contribution in [0.1, 0.15) is 40.4 Å². The van der Waals surface area contributed by atoms with Gasteiger partial charge in [-0.15, -0.1) is 0 Å². The SMILES string of the molecule is COc1ccc2c(c1)CCC[C@H]2NC(=O)c1ccc(NS(=O)(=O)c2ccccc2)cc1. The highest BCUT2D eigenvalue weighted by Crippen LogP contribution is 2.32. The predicted octanol–water partition coefficient (Wildman–Crippen LogP) is 4.30. The van der Waals surface area contributed by atoms with Crippen LogP contribution >= 0.6 is 0 Å². The highest BCUT2D eigenvalue weighted by molar-refractivity contribution is 7.92. The van der Waals surface area contributed by atoms with Crippen molar-refractivity contribution in [3.05, 3.63) is 89.5 Å². The van der Waals surface area contributed by atoms with Gasteiger partial charge in [0, 0.05) is 11.3 Å². The minimum Gasteiger partial charge on any atom is -0.497 e. The summed E-state index contributed by atoms with van der Waals surface area (Å²) in [5, 5.41) is 3.10. The first kappa shape index (κ1) is 20.9. The van der Waals surface area contributed by atoms with Gasteiger partial charge in [0.2, 0.25) is 0 Å². The lowest BCUT2D eigenvalue weighted by atomic mass is 9.87. The average molecular weight is 437 g/mol. The molecule has 7 heteroatoms. The number of carbonyl (C=O) groups excluding carboxylic acids is 1. The Hall–Kier alpha value is -3.32. The van der Waals surface area contributed by atoms with Crippen molar-refractivity contribution in [3.8, 4) is 5.75 Å². The van der Waals surface area contributed by atoms with E-state index >= 15 is 0 Å². The first-order valence-electron chi connectivity index (χ1n) is 10.1. The third-order valence-corrected chi connectivity index (χ3v) is 6.82. The largest absolute Gasteiger partial charge is 0.497 e. The van der Waals surface area contributed by atoms with E-state index in [4.69, 9.17) is 4.74 Å². The maximum absolute atomic E-state index is 12.8. The molecule has 0 spiro atoms. The van der Waals surface area contributed by atoms with Gasteiger partial charge in [-0.25, -0.2) is 8.42 Å². The van der Waals surface area contributed by atoms with E-state index in [1.165, 1.54) is 17.7 Å². The van der Waals surface area contributed by atoms with Crippen LogP contribution in [-0.4, -0.2) is 21.4 Å². The monoisotopic (exact) mass is 436 g/mol. The van der Waals surface area contributed by atoms with Crippen molar-refractivity contribution in [3.63, 3.8) is 0 Å². The molecule has 0 radical (unpaired) electrons. The second kappa shape index (κ2) is 8.81. The Morgan fingerprint density at radius 3 is 2.45 bits per heavy atom. The zero-order valence-electron chi connectivity index (χ0n) is 17.2. The van der Waals surface area contributed by atoms with E-state index in [0.717, 1.165) is 30.6 Å². The van der Waals surface area contributed by atoms with Crippen LogP contribution in [0.25, 0.3) is 0 Å². The van der Waals surface area contributed by atoms with Crippen LogP contribution in [0, 0.1) is 0 Å². The number of hydrogen-bond donors (Lipinski definition) is 2. The lowest BCUT2D eigenvalue weighted by Crippen LogP contribution is -2.31. The second-order valence-corrected chi connectivity index (χ2v) is 9.16. The van der Waals surface area contributed by atoms with Crippen LogP contribution in [0.3, 0.4) is 0 Å². The van der Waals surface area contributed by atoms with Crippen molar-refractivity contribution in [1.29, 1.82) is 0 Å². The first-order chi connectivity index (χ1) is 15.0. The molecule has 0 saturated heterocycles. The number of hydrogen-bond acceptors (Lipinski definition) is 4. The molecule has 2 N–H and O–H groups in total. The van der Waals surface area contributed by atoms with Crippen LogP contribution in [0.2, 0.25) is 0 Å². The third kappa shape index (κ3) is 4.72. The van der Waals surface area contributed by atoms with Gasteiger partial charge in [0.1, 0.15) is 5.75 Å². The van der Waals surface area contributed by atoms with Gasteiger partial charge in [0.05, 0.1) is 18.0 Å². The number of carbonyl (C=O) groups is 1. The number of anilines is 1. The van der Waals surface area contributed by atoms with Crippen molar-refractivity contribution < 1.29 is 17.9 Å². The van der Waals surface area contributed by atoms with Crippen molar-refractivity contribution in [1.82, 2.24) is 5.32 Å². The Bertz CT molecular complexity index is 1180. The molecule has 6 nitrogen and oxygen atoms in total. The molecule has 3 aromatic carbocycles. The molecule has 0 unspecified atom stereocenters. The van der Waals surface area contributed by atoms with E-state index in [-0.39, 0.29) is 16.8 Å². The van der Waals surface area contributed by atoms with Gasteiger partial charge in [0.15, 0.2) is 0 Å². The maximum atomic E-state index is 12.8. The topological polar surface area (TPSA) is 84.5 Å². The molecule has 31 heavy (non-hydrogen) atoms. The zero-order valence-corrected chi connectivity index (χ0v) is 18.0. The second-order valence-electron chi connectivity index (χ2n) is 7.48. The highest BCUT2D eigenvalue weighted by Gasteiger charge is 2.23. The Labute approximate surface area is 182 Å². The molecular weight excluding hydrogens is 412 g/mol. The minimum absolute atomic E-state index is 0.0570. The third-order valence-electron chi connectivity index (χ3n) is 5.42. The van der Waals surface area contributed by atoms with Gasteiger partial charge in [-0.1, -0.05) is 24.3 Å². The summed E-state index contributed by atoms with van der Waals surface area (Å²) >= 11 is 0. The van der Waals surface area contributed by atoms with Gasteiger partial charge in [-0.05, 0) is 78.9 Å². The van der Waals surface area contributed by atoms with Crippen molar-refractivity contribution >= 4 is 21.6 Å². The summed E-state index contributed by atoms with van der Waals surface area (Å²) in [6, 6.07) is 20.5. The lowest BCUT2D eigenvalue weighted by Gasteiger charge is -2.27. The number of methoxy groups -OCH3 is 1. The summed E-state index contributed by atoms with van der Waals surface area (Å²) in [7, 11) is -2.02. The Balaban J connectivity index is 1.45. The summed E-state index contributed by atoms with van der Waals surface area (Å²) in [5.74, 6) is 0.630. The lowest BCUT2D eigenvalue weighted by molar-refractivity contribution is 0.0933. The quantitative estimate of drug-likeness (QED) is 0.603. The van der Waals surface area contributed by atoms with Gasteiger partial charge < -0.3 is 10.1 Å². The van der Waals surface area contributed by atoms with Crippen molar-refractivity contribution in [2.45, 2.75) is 30.2 Å². The molecule has 1 aliphatic rings.